The average Bonchev–Trinajstić information content (AvgIpc) is 3.82. The van der Waals surface area contributed by atoms with Crippen molar-refractivity contribution in [1.82, 2.24) is 0 Å². The van der Waals surface area contributed by atoms with Gasteiger partial charge in [0, 0.05) is 12.3 Å². The van der Waals surface area contributed by atoms with Crippen molar-refractivity contribution in [2.75, 3.05) is 33.0 Å². The predicted octanol–water partition coefficient (Wildman–Crippen LogP) is -3.38. The highest BCUT2D eigenvalue weighted by Gasteiger charge is 2.70. The Balaban J connectivity index is 0.825. The first-order valence-electron chi connectivity index (χ1n) is 26.5. The molecule has 0 unspecified atom stereocenters. The van der Waals surface area contributed by atoms with Gasteiger partial charge in [-0.05, 0) is 91.8 Å². The first-order chi connectivity index (χ1) is 34.7. The Hall–Kier alpha value is -1.18. The minimum Gasteiger partial charge on any atom is -0.394 e. The quantitative estimate of drug-likeness (QED) is 0.0709. The van der Waals surface area contributed by atoms with Crippen LogP contribution in [0.2, 0.25) is 0 Å². The van der Waals surface area contributed by atoms with E-state index in [0.29, 0.717) is 43.1 Å². The smallest absolute Gasteiger partial charge is 0.187 e. The molecule has 0 bridgehead atoms. The second kappa shape index (κ2) is 21.1. The summed E-state index contributed by atoms with van der Waals surface area (Å²) in [5.74, 6) is 1.62. The standard InChI is InChI=1S/C50H80O23/c1-19-7-10-50(65-17-19)20(2)32-28(73-50)12-24-22-6-5-21-11-27(25(54)13-49(21,4)23(22)8-9-48(24,32)3)66-45-40(63)37(60)41(31(16-53)69-45)70-47-43(72-46-39(62)36(59)34(57)29(14-51)67-46)42(35(58)30(15-52)68-47)71-44-38(61)33(56)26(55)18-64-44/h20-47,51-63H,1,5-18H2,2-4H3/t20-,21-,22+,23-,24-,25+,26+,27+,28-,29+,30+,31+,32-,33-,34+,35+,36-,37+,38+,39+,40+,41-,42-,43+,44-,45+,46-,47-,48-,49-,50+/m0/s1. The lowest BCUT2D eigenvalue weighted by molar-refractivity contribution is -0.404. The first kappa shape index (κ1) is 55.1. The summed E-state index contributed by atoms with van der Waals surface area (Å²) in [7, 11) is 0. The van der Waals surface area contributed by atoms with Crippen LogP contribution in [0.5, 0.6) is 0 Å². The van der Waals surface area contributed by atoms with E-state index < -0.39 is 161 Å². The topological polar surface area (TPSA) is 355 Å². The third kappa shape index (κ3) is 9.41. The summed E-state index contributed by atoms with van der Waals surface area (Å²) in [5, 5.41) is 141. The Morgan fingerprint density at radius 2 is 1.22 bits per heavy atom. The lowest BCUT2D eigenvalue weighted by Crippen LogP contribution is -2.68. The molecule has 31 atom stereocenters. The molecule has 0 aromatic carbocycles. The Bertz CT molecular complexity index is 1910. The van der Waals surface area contributed by atoms with Crippen molar-refractivity contribution < 1.29 is 114 Å². The van der Waals surface area contributed by atoms with Crippen LogP contribution in [0.25, 0.3) is 0 Å². The van der Waals surface area contributed by atoms with Gasteiger partial charge in [0.2, 0.25) is 0 Å². The molecule has 0 aromatic rings. The summed E-state index contributed by atoms with van der Waals surface area (Å²) in [6, 6.07) is 0. The van der Waals surface area contributed by atoms with Gasteiger partial charge < -0.3 is 114 Å². The zero-order valence-electron chi connectivity index (χ0n) is 41.7. The molecule has 13 N–H and O–H groups in total. The highest BCUT2D eigenvalue weighted by molar-refractivity contribution is 5.17. The Labute approximate surface area is 423 Å². The minimum absolute atomic E-state index is 0.108. The number of hydrogen-bond acceptors (Lipinski definition) is 23. The molecule has 4 aliphatic carbocycles. The van der Waals surface area contributed by atoms with Crippen LogP contribution in [0.3, 0.4) is 0 Å². The van der Waals surface area contributed by atoms with Crippen LogP contribution in [0.4, 0.5) is 0 Å². The van der Waals surface area contributed by atoms with E-state index in [0.717, 1.165) is 50.5 Å². The normalized spacial score (nSPS) is 57.2. The van der Waals surface area contributed by atoms with Gasteiger partial charge >= 0.3 is 0 Å². The van der Waals surface area contributed by atoms with Gasteiger partial charge in [-0.15, -0.1) is 0 Å². The second-order valence-electron chi connectivity index (χ2n) is 23.6. The maximum absolute atomic E-state index is 12.0. The van der Waals surface area contributed by atoms with E-state index in [-0.39, 0.29) is 28.8 Å². The summed E-state index contributed by atoms with van der Waals surface area (Å²) in [6.07, 6.45) is -27.7. The predicted molar refractivity (Wildman–Crippen MR) is 244 cm³/mol. The molecule has 6 aliphatic heterocycles. The van der Waals surface area contributed by atoms with E-state index in [1.807, 2.05) is 0 Å². The van der Waals surface area contributed by atoms with Crippen molar-refractivity contribution in [3.63, 3.8) is 0 Å². The fourth-order valence-corrected chi connectivity index (χ4v) is 15.8. The zero-order chi connectivity index (χ0) is 52.2. The molecular formula is C50H80O23. The summed E-state index contributed by atoms with van der Waals surface area (Å²) < 4.78 is 60.9. The van der Waals surface area contributed by atoms with Crippen LogP contribution in [0.15, 0.2) is 12.2 Å². The molecule has 6 saturated heterocycles. The van der Waals surface area contributed by atoms with Crippen molar-refractivity contribution in [3.8, 4) is 0 Å². The van der Waals surface area contributed by atoms with Gasteiger partial charge in [-0.1, -0.05) is 32.9 Å². The number of aliphatic hydroxyl groups excluding tert-OH is 13. The fourth-order valence-electron chi connectivity index (χ4n) is 15.8. The van der Waals surface area contributed by atoms with Crippen LogP contribution in [0, 0.1) is 46.3 Å². The monoisotopic (exact) mass is 1050 g/mol. The molecule has 10 fully saturated rings. The maximum atomic E-state index is 12.0. The van der Waals surface area contributed by atoms with Crippen LogP contribution in [-0.2, 0) is 47.4 Å². The number of fused-ring (bicyclic) bond motifs is 7. The number of aliphatic hydroxyl groups is 13. The van der Waals surface area contributed by atoms with E-state index in [4.69, 9.17) is 47.4 Å². The van der Waals surface area contributed by atoms with E-state index in [1.165, 1.54) is 0 Å². The average molecular weight is 1050 g/mol. The molecule has 10 rings (SSSR count). The Morgan fingerprint density at radius 3 is 1.92 bits per heavy atom. The third-order valence-electron chi connectivity index (χ3n) is 19.8. The largest absolute Gasteiger partial charge is 0.394 e. The SMILES string of the molecule is C=C1CC[C@@]2(OC1)O[C@H]1C[C@H]3[C@@H]4CC[C@H]5C[C@@H](O[C@@H]6O[C@H](CO)[C@H](O[C@@H]7O[C@H](CO)[C@@H](O)[C@H](O[C@@H]8OC[C@@H](O)[C@H](O)[C@H]8O)[C@H]7O[C@@H]7O[C@H](CO)[C@@H](O)[C@H](O)[C@H]7O)[C@H](O)[C@H]6O)[C@H](O)C[C@]5(C)[C@H]4CC[C@]3(C)[C@H]1[C@@H]2C. The third-order valence-corrected chi connectivity index (χ3v) is 19.8. The van der Waals surface area contributed by atoms with Crippen molar-refractivity contribution in [2.45, 2.75) is 219 Å². The molecule has 4 saturated carbocycles. The molecule has 73 heavy (non-hydrogen) atoms. The molecule has 0 radical (unpaired) electrons. The van der Waals surface area contributed by atoms with Crippen LogP contribution >= 0.6 is 0 Å². The van der Waals surface area contributed by atoms with Crippen molar-refractivity contribution >= 4 is 0 Å². The summed E-state index contributed by atoms with van der Waals surface area (Å²) in [6.45, 7) is 8.67. The zero-order valence-corrected chi connectivity index (χ0v) is 41.7. The molecule has 418 valence electrons. The van der Waals surface area contributed by atoms with E-state index >= 15 is 0 Å². The highest BCUT2D eigenvalue weighted by atomic mass is 16.8. The lowest BCUT2D eigenvalue weighted by Gasteiger charge is -2.62. The molecule has 0 aromatic heterocycles. The van der Waals surface area contributed by atoms with Gasteiger partial charge in [-0.25, -0.2) is 0 Å². The summed E-state index contributed by atoms with van der Waals surface area (Å²) >= 11 is 0. The lowest BCUT2D eigenvalue weighted by atomic mass is 9.44. The fraction of sp³-hybridized carbons (Fsp3) is 0.960. The van der Waals surface area contributed by atoms with Gasteiger partial charge in [0.25, 0.3) is 0 Å². The minimum atomic E-state index is -2.02. The number of ether oxygens (including phenoxy) is 10. The number of rotatable bonds is 11. The molecular weight excluding hydrogens is 969 g/mol. The summed E-state index contributed by atoms with van der Waals surface area (Å²) in [5.41, 5.74) is 1.02. The Kier molecular flexibility index (Phi) is 16.0. The maximum Gasteiger partial charge on any atom is 0.187 e. The van der Waals surface area contributed by atoms with E-state index in [2.05, 4.69) is 27.4 Å². The van der Waals surface area contributed by atoms with Crippen LogP contribution < -0.4 is 0 Å². The van der Waals surface area contributed by atoms with Gasteiger partial charge in [0.05, 0.1) is 51.3 Å². The van der Waals surface area contributed by atoms with Gasteiger partial charge in [-0.2, -0.15) is 0 Å². The van der Waals surface area contributed by atoms with Crippen molar-refractivity contribution in [1.29, 1.82) is 0 Å². The molecule has 23 nitrogen and oxygen atoms in total. The van der Waals surface area contributed by atoms with Crippen LogP contribution in [-0.4, -0.2) is 240 Å². The second-order valence-corrected chi connectivity index (χ2v) is 23.6. The van der Waals surface area contributed by atoms with Crippen molar-refractivity contribution in [3.05, 3.63) is 12.2 Å². The van der Waals surface area contributed by atoms with E-state index in [9.17, 15) is 66.4 Å². The Morgan fingerprint density at radius 1 is 0.589 bits per heavy atom. The molecule has 6 heterocycles. The first-order valence-corrected chi connectivity index (χ1v) is 26.5. The molecule has 1 spiro atoms. The van der Waals surface area contributed by atoms with Gasteiger partial charge in [-0.3, -0.25) is 0 Å². The molecule has 0 amide bonds. The van der Waals surface area contributed by atoms with Crippen LogP contribution in [0.1, 0.15) is 78.6 Å². The molecule has 23 heteroatoms. The molecule has 10 aliphatic rings. The van der Waals surface area contributed by atoms with E-state index in [1.54, 1.807) is 0 Å². The summed E-state index contributed by atoms with van der Waals surface area (Å²) in [4.78, 5) is 0. The van der Waals surface area contributed by atoms with Crippen molar-refractivity contribution in [2.24, 2.45) is 46.3 Å². The van der Waals surface area contributed by atoms with Gasteiger partial charge in [0.15, 0.2) is 30.9 Å². The van der Waals surface area contributed by atoms with Gasteiger partial charge in [0.1, 0.15) is 91.6 Å². The number of hydrogen-bond donors (Lipinski definition) is 13. The highest BCUT2D eigenvalue weighted by Crippen LogP contribution is 2.71.